The normalized spacial score (nSPS) is 17.2. The number of aromatic nitrogens is 2. The number of carbonyl (C=O) groups excluding carboxylic acids is 2. The first-order chi connectivity index (χ1) is 21.8. The number of ether oxygens (including phenoxy) is 1. The summed E-state index contributed by atoms with van der Waals surface area (Å²) in [6.07, 6.45) is -1.10. The van der Waals surface area contributed by atoms with E-state index < -0.39 is 24.2 Å². The predicted octanol–water partition coefficient (Wildman–Crippen LogP) is 5.83. The molecule has 14 heteroatoms. The molecule has 46 heavy (non-hydrogen) atoms. The van der Waals surface area contributed by atoms with Gasteiger partial charge in [0.25, 0.3) is 0 Å². The van der Waals surface area contributed by atoms with E-state index in [-0.39, 0.29) is 18.3 Å². The largest absolute Gasteiger partial charge is 0.494 e. The summed E-state index contributed by atoms with van der Waals surface area (Å²) in [6.45, 7) is 7.59. The maximum atomic E-state index is 13.8. The first-order valence-corrected chi connectivity index (χ1v) is 14.7. The molecule has 1 saturated heterocycles. The Kier molecular flexibility index (Phi) is 9.10. The van der Waals surface area contributed by atoms with Gasteiger partial charge < -0.3 is 30.1 Å². The van der Waals surface area contributed by atoms with Crippen molar-refractivity contribution in [2.75, 3.05) is 54.7 Å². The molecule has 0 spiro atoms. The molecular weight excluding hydrogens is 601 g/mol. The maximum absolute atomic E-state index is 13.8. The van der Waals surface area contributed by atoms with E-state index in [9.17, 15) is 22.8 Å². The number of hydrogen-bond acceptors (Lipinski definition) is 8. The quantitative estimate of drug-likeness (QED) is 0.282. The van der Waals surface area contributed by atoms with E-state index in [1.807, 2.05) is 27.1 Å². The van der Waals surface area contributed by atoms with Gasteiger partial charge in [-0.3, -0.25) is 4.79 Å². The third kappa shape index (κ3) is 6.57. The van der Waals surface area contributed by atoms with E-state index in [1.165, 1.54) is 19.4 Å². The van der Waals surface area contributed by atoms with Gasteiger partial charge in [0.05, 0.1) is 36.4 Å². The molecule has 2 aromatic carbocycles. The van der Waals surface area contributed by atoms with Crippen molar-refractivity contribution >= 4 is 46.5 Å². The smallest absolute Gasteiger partial charge is 0.408 e. The minimum Gasteiger partial charge on any atom is -0.494 e. The van der Waals surface area contributed by atoms with Crippen molar-refractivity contribution in [3.63, 3.8) is 0 Å². The number of nitrogens with one attached hydrogen (secondary N) is 2. The Bertz CT molecular complexity index is 1630. The second kappa shape index (κ2) is 12.9. The summed E-state index contributed by atoms with van der Waals surface area (Å²) >= 11 is 0. The zero-order chi connectivity index (χ0) is 33.3. The third-order valence-electron chi connectivity index (χ3n) is 8.31. The molecule has 0 aliphatic carbocycles. The number of likely N-dealkylation sites (N-methyl/N-ethyl adjacent to an activating group) is 1. The van der Waals surface area contributed by atoms with Crippen LogP contribution in [-0.2, 0) is 11.3 Å². The molecule has 0 radical (unpaired) electrons. The zero-order valence-corrected chi connectivity index (χ0v) is 26.4. The van der Waals surface area contributed by atoms with Crippen LogP contribution in [0.2, 0.25) is 0 Å². The molecule has 2 aliphatic rings. The molecule has 2 atom stereocenters. The summed E-state index contributed by atoms with van der Waals surface area (Å²) in [5.41, 5.74) is 3.32. The molecule has 1 aromatic heterocycles. The number of urea groups is 1. The van der Waals surface area contributed by atoms with Gasteiger partial charge >= 0.3 is 12.2 Å². The number of aryl methyl sites for hydroxylation is 1. The van der Waals surface area contributed by atoms with Crippen molar-refractivity contribution in [2.45, 2.75) is 45.1 Å². The van der Waals surface area contributed by atoms with Crippen LogP contribution in [0.4, 0.5) is 52.5 Å². The van der Waals surface area contributed by atoms with Crippen LogP contribution in [0.5, 0.6) is 5.75 Å². The molecule has 3 aromatic rings. The molecule has 0 saturated carbocycles. The Morgan fingerprint density at radius 1 is 1.20 bits per heavy atom. The van der Waals surface area contributed by atoms with Crippen LogP contribution in [0.1, 0.15) is 24.5 Å². The number of nitrogens with zero attached hydrogens (tertiary/aromatic N) is 6. The Hall–Kier alpha value is -4.85. The molecule has 2 aliphatic heterocycles. The lowest BCUT2D eigenvalue weighted by molar-refractivity contribution is -0.172. The average Bonchev–Trinajstić information content (AvgIpc) is 3.51. The average molecular weight is 639 g/mol. The molecule has 5 rings (SSSR count). The van der Waals surface area contributed by atoms with Crippen molar-refractivity contribution in [2.24, 2.45) is 0 Å². The minimum absolute atomic E-state index is 0.0712. The summed E-state index contributed by atoms with van der Waals surface area (Å²) in [7, 11) is 5.58. The summed E-state index contributed by atoms with van der Waals surface area (Å²) in [5.74, 6) is 0.273. The fourth-order valence-corrected chi connectivity index (χ4v) is 5.52. The van der Waals surface area contributed by atoms with Crippen LogP contribution in [0.15, 0.2) is 55.3 Å². The predicted molar refractivity (Wildman–Crippen MR) is 171 cm³/mol. The van der Waals surface area contributed by atoms with Crippen LogP contribution < -0.4 is 25.2 Å². The van der Waals surface area contributed by atoms with Gasteiger partial charge in [0.15, 0.2) is 5.82 Å². The molecule has 3 heterocycles. The molecule has 1 fully saturated rings. The van der Waals surface area contributed by atoms with E-state index in [2.05, 4.69) is 37.0 Å². The fourth-order valence-electron chi connectivity index (χ4n) is 5.52. The standard InChI is InChI=1S/C32H37F3N8O3/c1-7-28(44)37-24-14-25(27(46-6)15-26(24)41-13-12-23(18-41)40(4)5)38-30-36-16-21-17-42(20(3)32(33,34)35)31(45)43(29(21)39-30)22-10-8-19(2)9-11-22/h7-11,14-16,20,23H,1,12-13,17-18H2,2-6H3,(H,37,44)(H,36,38,39)/t20-,23+/m0/s1. The summed E-state index contributed by atoms with van der Waals surface area (Å²) in [6, 6.07) is 7.81. The lowest BCUT2D eigenvalue weighted by Crippen LogP contribution is -2.53. The van der Waals surface area contributed by atoms with Crippen LogP contribution in [-0.4, -0.2) is 84.3 Å². The lowest BCUT2D eigenvalue weighted by Gasteiger charge is -2.39. The first kappa shape index (κ1) is 32.5. The number of anilines is 6. The van der Waals surface area contributed by atoms with Gasteiger partial charge in [-0.1, -0.05) is 24.3 Å². The van der Waals surface area contributed by atoms with Crippen LogP contribution >= 0.6 is 0 Å². The van der Waals surface area contributed by atoms with Crippen molar-refractivity contribution in [1.82, 2.24) is 19.8 Å². The molecule has 11 nitrogen and oxygen atoms in total. The Morgan fingerprint density at radius 3 is 2.52 bits per heavy atom. The second-order valence-corrected chi connectivity index (χ2v) is 11.6. The highest BCUT2D eigenvalue weighted by Gasteiger charge is 2.46. The van der Waals surface area contributed by atoms with Crippen molar-refractivity contribution in [3.8, 4) is 5.75 Å². The maximum Gasteiger partial charge on any atom is 0.408 e. The van der Waals surface area contributed by atoms with Gasteiger partial charge in [-0.2, -0.15) is 18.2 Å². The van der Waals surface area contributed by atoms with Gasteiger partial charge in [0.2, 0.25) is 11.9 Å². The summed E-state index contributed by atoms with van der Waals surface area (Å²) in [5, 5.41) is 6.00. The zero-order valence-electron chi connectivity index (χ0n) is 26.4. The number of methoxy groups -OCH3 is 1. The number of carbonyl (C=O) groups is 2. The monoisotopic (exact) mass is 638 g/mol. The van der Waals surface area contributed by atoms with Crippen molar-refractivity contribution < 1.29 is 27.5 Å². The molecule has 244 valence electrons. The third-order valence-corrected chi connectivity index (χ3v) is 8.31. The second-order valence-electron chi connectivity index (χ2n) is 11.6. The topological polar surface area (TPSA) is 106 Å². The van der Waals surface area contributed by atoms with Gasteiger partial charge in [0, 0.05) is 37.0 Å². The van der Waals surface area contributed by atoms with Crippen LogP contribution in [0.25, 0.3) is 0 Å². The highest BCUT2D eigenvalue weighted by molar-refractivity contribution is 6.03. The van der Waals surface area contributed by atoms with Gasteiger partial charge in [-0.25, -0.2) is 14.7 Å². The van der Waals surface area contributed by atoms with Gasteiger partial charge in [-0.05, 0) is 58.6 Å². The number of halogens is 3. The molecular formula is C32H37F3N8O3. The van der Waals surface area contributed by atoms with Crippen molar-refractivity contribution in [1.29, 1.82) is 0 Å². The van der Waals surface area contributed by atoms with E-state index in [4.69, 9.17) is 4.74 Å². The Balaban J connectivity index is 1.54. The number of rotatable bonds is 9. The summed E-state index contributed by atoms with van der Waals surface area (Å²) in [4.78, 5) is 41.3. The van der Waals surface area contributed by atoms with Crippen LogP contribution in [0, 0.1) is 6.92 Å². The molecule has 2 N–H and O–H groups in total. The molecule has 3 amide bonds. The SMILES string of the molecule is C=CC(=O)Nc1cc(Nc2ncc3c(n2)N(c2ccc(C)cc2)C(=O)N([C@@H](C)C(F)(F)F)C3)c(OC)cc1N1CC[C@@H](N(C)C)C1. The minimum atomic E-state index is -4.63. The highest BCUT2D eigenvalue weighted by Crippen LogP contribution is 2.41. The fraction of sp³-hybridized carbons (Fsp3) is 0.375. The van der Waals surface area contributed by atoms with Gasteiger partial charge in [0.1, 0.15) is 11.8 Å². The van der Waals surface area contributed by atoms with Crippen molar-refractivity contribution in [3.05, 3.63) is 66.4 Å². The van der Waals surface area contributed by atoms with Crippen LogP contribution in [0.3, 0.4) is 0 Å². The van der Waals surface area contributed by atoms with E-state index in [0.717, 1.165) is 47.5 Å². The number of fused-ring (bicyclic) bond motifs is 1. The van der Waals surface area contributed by atoms with E-state index in [1.54, 1.807) is 30.3 Å². The van der Waals surface area contributed by atoms with Gasteiger partial charge in [-0.15, -0.1) is 0 Å². The Morgan fingerprint density at radius 2 is 1.91 bits per heavy atom. The molecule has 0 bridgehead atoms. The number of benzene rings is 2. The van der Waals surface area contributed by atoms with E-state index >= 15 is 0 Å². The first-order valence-electron chi connectivity index (χ1n) is 14.7. The van der Waals surface area contributed by atoms with E-state index in [0.29, 0.717) is 34.4 Å². The Labute approximate surface area is 265 Å². The number of hydrogen-bond donors (Lipinski definition) is 2. The highest BCUT2D eigenvalue weighted by atomic mass is 19.4. The number of alkyl halides is 3. The lowest BCUT2D eigenvalue weighted by atomic mass is 10.1. The summed E-state index contributed by atoms with van der Waals surface area (Å²) < 4.78 is 47.0. The number of amides is 3. The molecule has 0 unspecified atom stereocenters.